The van der Waals surface area contributed by atoms with Crippen molar-refractivity contribution in [3.8, 4) is 0 Å². The number of hydrogen-bond acceptors (Lipinski definition) is 10. The average Bonchev–Trinajstić information content (AvgIpc) is 2.48. The van der Waals surface area contributed by atoms with Gasteiger partial charge in [0.2, 0.25) is 0 Å². The molecule has 136 valence electrons. The molecule has 2 aliphatic rings. The predicted octanol–water partition coefficient (Wildman–Crippen LogP) is -3.37. The zero-order chi connectivity index (χ0) is 17.4. The first-order valence-corrected chi connectivity index (χ1v) is 7.29. The Morgan fingerprint density at radius 3 is 1.39 bits per heavy atom. The van der Waals surface area contributed by atoms with Crippen LogP contribution in [-0.4, -0.2) is 98.8 Å². The summed E-state index contributed by atoms with van der Waals surface area (Å²) in [6, 6.07) is 0. The molecule has 8 atom stereocenters. The first-order valence-electron chi connectivity index (χ1n) is 7.29. The van der Waals surface area contributed by atoms with Crippen molar-refractivity contribution in [3.63, 3.8) is 0 Å². The van der Waals surface area contributed by atoms with Gasteiger partial charge < -0.3 is 49.6 Å². The molecule has 2 saturated heterocycles. The lowest BCUT2D eigenvalue weighted by atomic mass is 10.1. The fourth-order valence-electron chi connectivity index (χ4n) is 2.35. The molecule has 6 N–H and O–H groups in total. The highest BCUT2D eigenvalue weighted by molar-refractivity contribution is 4.85. The molecule has 2 rings (SSSR count). The molecule has 0 bridgehead atoms. The minimum absolute atomic E-state index is 0.230. The van der Waals surface area contributed by atoms with Gasteiger partial charge >= 0.3 is 0 Å². The minimum Gasteiger partial charge on any atom is -0.388 e. The summed E-state index contributed by atoms with van der Waals surface area (Å²) in [6.45, 7) is 2.45. The SMILES string of the molecule is CC(C)(O[C@H]1OC[C@@H](O)[C@H](O)[C@@H]1O)O[C@H]1OC[C@@H](O)[C@H](O)[C@@H]1O. The van der Waals surface area contributed by atoms with E-state index in [0.29, 0.717) is 0 Å². The van der Waals surface area contributed by atoms with Gasteiger partial charge in [0.25, 0.3) is 0 Å². The summed E-state index contributed by atoms with van der Waals surface area (Å²) < 4.78 is 21.1. The van der Waals surface area contributed by atoms with Crippen molar-refractivity contribution < 1.29 is 49.6 Å². The first-order chi connectivity index (χ1) is 10.6. The van der Waals surface area contributed by atoms with Crippen molar-refractivity contribution in [2.45, 2.75) is 68.8 Å². The molecular formula is C13H24O10. The van der Waals surface area contributed by atoms with Crippen LogP contribution in [0.25, 0.3) is 0 Å². The maximum absolute atomic E-state index is 9.84. The molecule has 0 aliphatic carbocycles. The smallest absolute Gasteiger partial charge is 0.189 e. The van der Waals surface area contributed by atoms with Gasteiger partial charge in [0.05, 0.1) is 13.2 Å². The highest BCUT2D eigenvalue weighted by Gasteiger charge is 2.44. The number of hydrogen-bond donors (Lipinski definition) is 6. The lowest BCUT2D eigenvalue weighted by Gasteiger charge is -2.42. The third-order valence-corrected chi connectivity index (χ3v) is 3.71. The van der Waals surface area contributed by atoms with Crippen LogP contribution < -0.4 is 0 Å². The molecule has 0 spiro atoms. The maximum Gasteiger partial charge on any atom is 0.189 e. The molecule has 2 heterocycles. The zero-order valence-corrected chi connectivity index (χ0v) is 12.8. The second kappa shape index (κ2) is 7.23. The Kier molecular flexibility index (Phi) is 5.95. The Labute approximate surface area is 132 Å². The highest BCUT2D eigenvalue weighted by Crippen LogP contribution is 2.27. The summed E-state index contributed by atoms with van der Waals surface area (Å²) in [5.74, 6) is -1.43. The van der Waals surface area contributed by atoms with Gasteiger partial charge in [-0.05, 0) is 13.8 Å². The van der Waals surface area contributed by atoms with Crippen molar-refractivity contribution in [2.24, 2.45) is 0 Å². The van der Waals surface area contributed by atoms with E-state index in [2.05, 4.69) is 0 Å². The van der Waals surface area contributed by atoms with Crippen LogP contribution in [0.3, 0.4) is 0 Å². The number of aliphatic hydroxyl groups excluding tert-OH is 6. The minimum atomic E-state index is -1.49. The van der Waals surface area contributed by atoms with Crippen molar-refractivity contribution in [3.05, 3.63) is 0 Å². The Balaban J connectivity index is 1.94. The molecule has 0 saturated carbocycles. The molecule has 10 nitrogen and oxygen atoms in total. The van der Waals surface area contributed by atoms with Crippen LogP contribution in [-0.2, 0) is 18.9 Å². The molecule has 0 unspecified atom stereocenters. The largest absolute Gasteiger partial charge is 0.388 e. The molecule has 2 aliphatic heterocycles. The van der Waals surface area contributed by atoms with Gasteiger partial charge in [0, 0.05) is 0 Å². The van der Waals surface area contributed by atoms with E-state index in [1.807, 2.05) is 0 Å². The predicted molar refractivity (Wildman–Crippen MR) is 71.8 cm³/mol. The molecular weight excluding hydrogens is 316 g/mol. The summed E-state index contributed by atoms with van der Waals surface area (Å²) in [5, 5.41) is 57.7. The summed E-state index contributed by atoms with van der Waals surface area (Å²) >= 11 is 0. The van der Waals surface area contributed by atoms with E-state index in [1.54, 1.807) is 0 Å². The van der Waals surface area contributed by atoms with Gasteiger partial charge in [-0.1, -0.05) is 0 Å². The van der Waals surface area contributed by atoms with Gasteiger partial charge in [-0.3, -0.25) is 0 Å². The molecule has 0 aromatic heterocycles. The third kappa shape index (κ3) is 4.37. The van der Waals surface area contributed by atoms with Crippen LogP contribution >= 0.6 is 0 Å². The van der Waals surface area contributed by atoms with E-state index in [4.69, 9.17) is 18.9 Å². The van der Waals surface area contributed by atoms with Gasteiger partial charge in [0.15, 0.2) is 18.4 Å². The molecule has 10 heteroatoms. The third-order valence-electron chi connectivity index (χ3n) is 3.71. The zero-order valence-electron chi connectivity index (χ0n) is 12.8. The topological polar surface area (TPSA) is 158 Å². The van der Waals surface area contributed by atoms with E-state index in [9.17, 15) is 30.6 Å². The van der Waals surface area contributed by atoms with Crippen LogP contribution in [0.15, 0.2) is 0 Å². The standard InChI is InChI=1S/C13H24O10/c1-13(2,22-11-9(18)7(16)5(14)3-20-11)23-12-10(19)8(17)6(15)4-21-12/h5-12,14-19H,3-4H2,1-2H3/t5-,6-,7+,8+,9+,10+,11-,12-/m1/s1. The molecule has 2 fully saturated rings. The summed E-state index contributed by atoms with van der Waals surface area (Å²) in [6.07, 6.45) is -10.8. The molecule has 0 radical (unpaired) electrons. The maximum atomic E-state index is 9.84. The average molecular weight is 340 g/mol. The van der Waals surface area contributed by atoms with Gasteiger partial charge in [0.1, 0.15) is 36.6 Å². The normalized spacial score (nSPS) is 45.9. The summed E-state index contributed by atoms with van der Waals surface area (Å²) in [5.41, 5.74) is 0. The monoisotopic (exact) mass is 340 g/mol. The Morgan fingerprint density at radius 2 is 1.04 bits per heavy atom. The van der Waals surface area contributed by atoms with Crippen molar-refractivity contribution in [1.82, 2.24) is 0 Å². The van der Waals surface area contributed by atoms with Crippen molar-refractivity contribution in [1.29, 1.82) is 0 Å². The summed E-state index contributed by atoms with van der Waals surface area (Å²) in [4.78, 5) is 0. The fourth-order valence-corrected chi connectivity index (χ4v) is 2.35. The molecule has 23 heavy (non-hydrogen) atoms. The Bertz CT molecular complexity index is 357. The van der Waals surface area contributed by atoms with Crippen LogP contribution in [0, 0.1) is 0 Å². The lowest BCUT2D eigenvalue weighted by Crippen LogP contribution is -2.58. The van der Waals surface area contributed by atoms with E-state index in [-0.39, 0.29) is 13.2 Å². The Morgan fingerprint density at radius 1 is 0.696 bits per heavy atom. The highest BCUT2D eigenvalue weighted by atomic mass is 16.8. The lowest BCUT2D eigenvalue weighted by molar-refractivity contribution is -0.389. The molecule has 0 aromatic carbocycles. The van der Waals surface area contributed by atoms with E-state index < -0.39 is 55.0 Å². The second-order valence-corrected chi connectivity index (χ2v) is 6.14. The van der Waals surface area contributed by atoms with Crippen LogP contribution in [0.2, 0.25) is 0 Å². The quantitative estimate of drug-likeness (QED) is 0.285. The number of rotatable bonds is 4. The van der Waals surface area contributed by atoms with E-state index >= 15 is 0 Å². The number of ether oxygens (including phenoxy) is 4. The fraction of sp³-hybridized carbons (Fsp3) is 1.00. The van der Waals surface area contributed by atoms with Crippen molar-refractivity contribution >= 4 is 0 Å². The van der Waals surface area contributed by atoms with Crippen LogP contribution in [0.1, 0.15) is 13.8 Å². The van der Waals surface area contributed by atoms with E-state index in [0.717, 1.165) is 0 Å². The van der Waals surface area contributed by atoms with Gasteiger partial charge in [-0.2, -0.15) is 0 Å². The van der Waals surface area contributed by atoms with Crippen LogP contribution in [0.4, 0.5) is 0 Å². The molecule has 0 aromatic rings. The molecule has 0 amide bonds. The second-order valence-electron chi connectivity index (χ2n) is 6.14. The van der Waals surface area contributed by atoms with Gasteiger partial charge in [-0.25, -0.2) is 0 Å². The first kappa shape index (κ1) is 18.9. The van der Waals surface area contributed by atoms with E-state index in [1.165, 1.54) is 13.8 Å². The summed E-state index contributed by atoms with van der Waals surface area (Å²) in [7, 11) is 0. The number of aliphatic hydroxyl groups is 6. The van der Waals surface area contributed by atoms with Crippen molar-refractivity contribution in [2.75, 3.05) is 13.2 Å². The van der Waals surface area contributed by atoms with Gasteiger partial charge in [-0.15, -0.1) is 0 Å². The Hall–Kier alpha value is -0.400. The van der Waals surface area contributed by atoms with Crippen LogP contribution in [0.5, 0.6) is 0 Å².